The molecule has 1 aromatic heterocycles. The van der Waals surface area contributed by atoms with E-state index in [4.69, 9.17) is 5.73 Å². The monoisotopic (exact) mass is 224 g/mol. The molecule has 0 spiro atoms. The molecular formula is C11H17FN4. The number of nitrogens with two attached hydrogens (primary N) is 1. The predicted molar refractivity (Wildman–Crippen MR) is 62.4 cm³/mol. The highest BCUT2D eigenvalue weighted by atomic mass is 19.1. The zero-order chi connectivity index (χ0) is 12.0. The molecule has 3 N–H and O–H groups in total. The van der Waals surface area contributed by atoms with Crippen molar-refractivity contribution < 1.29 is 4.39 Å². The molecule has 1 heterocycles. The third-order valence-corrected chi connectivity index (χ3v) is 2.21. The van der Waals surface area contributed by atoms with Crippen molar-refractivity contribution in [2.75, 3.05) is 0 Å². The van der Waals surface area contributed by atoms with Crippen LogP contribution in [0.2, 0.25) is 0 Å². The van der Waals surface area contributed by atoms with Crippen molar-refractivity contribution in [3.8, 4) is 0 Å². The first-order valence-electron chi connectivity index (χ1n) is 5.28. The Labute approximate surface area is 94.8 Å². The number of guanidine groups is 1. The summed E-state index contributed by atoms with van der Waals surface area (Å²) >= 11 is 0. The Kier molecular flexibility index (Phi) is 4.69. The van der Waals surface area contributed by atoms with E-state index in [1.54, 1.807) is 6.07 Å². The molecule has 4 nitrogen and oxygen atoms in total. The lowest BCUT2D eigenvalue weighted by molar-refractivity contribution is 0.618. The summed E-state index contributed by atoms with van der Waals surface area (Å²) in [6.45, 7) is 4.44. The Hall–Kier alpha value is -1.65. The summed E-state index contributed by atoms with van der Waals surface area (Å²) < 4.78 is 12.6. The zero-order valence-corrected chi connectivity index (χ0v) is 9.57. The minimum absolute atomic E-state index is 0.296. The summed E-state index contributed by atoms with van der Waals surface area (Å²) in [5, 5.41) is 3.04. The summed E-state index contributed by atoms with van der Waals surface area (Å²) in [6.07, 6.45) is 2.15. The highest BCUT2D eigenvalue weighted by Gasteiger charge is 1.99. The average molecular weight is 224 g/mol. The number of aromatic nitrogens is 1. The maximum atomic E-state index is 12.6. The Bertz CT molecular complexity index is 348. The highest BCUT2D eigenvalue weighted by molar-refractivity contribution is 5.78. The van der Waals surface area contributed by atoms with E-state index in [1.807, 2.05) is 6.92 Å². The lowest BCUT2D eigenvalue weighted by Crippen LogP contribution is -2.38. The van der Waals surface area contributed by atoms with E-state index in [9.17, 15) is 4.39 Å². The topological polar surface area (TPSA) is 63.3 Å². The van der Waals surface area contributed by atoms with Gasteiger partial charge in [-0.25, -0.2) is 9.38 Å². The van der Waals surface area contributed by atoms with Crippen LogP contribution in [0.3, 0.4) is 0 Å². The molecule has 0 aromatic carbocycles. The number of aliphatic imine (C=N–C) groups is 1. The van der Waals surface area contributed by atoms with Crippen LogP contribution in [0.1, 0.15) is 26.0 Å². The highest BCUT2D eigenvalue weighted by Crippen LogP contribution is 1.99. The third-order valence-electron chi connectivity index (χ3n) is 2.21. The molecule has 1 unspecified atom stereocenters. The van der Waals surface area contributed by atoms with Crippen LogP contribution in [0.4, 0.5) is 4.39 Å². The number of rotatable bonds is 4. The van der Waals surface area contributed by atoms with Crippen molar-refractivity contribution in [3.05, 3.63) is 29.8 Å². The Morgan fingerprint density at radius 1 is 1.62 bits per heavy atom. The molecule has 1 aromatic rings. The normalized spacial score (nSPS) is 13.6. The Morgan fingerprint density at radius 3 is 2.94 bits per heavy atom. The van der Waals surface area contributed by atoms with Crippen LogP contribution in [0.5, 0.6) is 0 Å². The molecule has 0 fully saturated rings. The standard InChI is InChI=1S/C11H17FN4/c1-3-8(2)16-11(13)15-7-10-5-4-9(12)6-14-10/h4-6,8H,3,7H2,1-2H3,(H3,13,15,16). The van der Waals surface area contributed by atoms with E-state index in [2.05, 4.69) is 22.2 Å². The second-order valence-electron chi connectivity index (χ2n) is 3.62. The van der Waals surface area contributed by atoms with Gasteiger partial charge in [-0.3, -0.25) is 4.98 Å². The minimum atomic E-state index is -0.349. The molecule has 0 bridgehead atoms. The van der Waals surface area contributed by atoms with Crippen molar-refractivity contribution in [3.63, 3.8) is 0 Å². The summed E-state index contributed by atoms with van der Waals surface area (Å²) in [5.74, 6) is 0.0407. The number of hydrogen-bond acceptors (Lipinski definition) is 2. The number of nitrogens with zero attached hydrogens (tertiary/aromatic N) is 2. The van der Waals surface area contributed by atoms with Crippen LogP contribution in [0.15, 0.2) is 23.3 Å². The fraction of sp³-hybridized carbons (Fsp3) is 0.455. The molecule has 0 aliphatic rings. The molecule has 88 valence electrons. The fourth-order valence-corrected chi connectivity index (χ4v) is 1.07. The summed E-state index contributed by atoms with van der Waals surface area (Å²) in [7, 11) is 0. The molecule has 5 heteroatoms. The van der Waals surface area contributed by atoms with Gasteiger partial charge < -0.3 is 11.1 Å². The van der Waals surface area contributed by atoms with Gasteiger partial charge in [-0.15, -0.1) is 0 Å². The lowest BCUT2D eigenvalue weighted by atomic mass is 10.3. The molecule has 0 aliphatic heterocycles. The fourth-order valence-electron chi connectivity index (χ4n) is 1.07. The quantitative estimate of drug-likeness (QED) is 0.600. The van der Waals surface area contributed by atoms with E-state index in [-0.39, 0.29) is 5.82 Å². The van der Waals surface area contributed by atoms with Gasteiger partial charge in [-0.1, -0.05) is 6.92 Å². The van der Waals surface area contributed by atoms with Crippen LogP contribution in [-0.4, -0.2) is 17.0 Å². The number of hydrogen-bond donors (Lipinski definition) is 2. The van der Waals surface area contributed by atoms with Crippen LogP contribution in [0, 0.1) is 5.82 Å². The van der Waals surface area contributed by atoms with Crippen LogP contribution >= 0.6 is 0 Å². The van der Waals surface area contributed by atoms with Crippen LogP contribution in [0.25, 0.3) is 0 Å². The summed E-state index contributed by atoms with van der Waals surface area (Å²) in [5.41, 5.74) is 6.36. The van der Waals surface area contributed by atoms with E-state index in [0.29, 0.717) is 24.2 Å². The summed E-state index contributed by atoms with van der Waals surface area (Å²) in [4.78, 5) is 7.99. The first-order chi connectivity index (χ1) is 7.61. The number of pyridine rings is 1. The Morgan fingerprint density at radius 2 is 2.38 bits per heavy atom. The third kappa shape index (κ3) is 4.25. The van der Waals surface area contributed by atoms with Gasteiger partial charge in [0.05, 0.1) is 18.4 Å². The molecule has 0 saturated carbocycles. The molecule has 0 radical (unpaired) electrons. The molecular weight excluding hydrogens is 207 g/mol. The van der Waals surface area contributed by atoms with E-state index in [0.717, 1.165) is 6.42 Å². The Balaban J connectivity index is 2.49. The number of halogens is 1. The molecule has 0 amide bonds. The van der Waals surface area contributed by atoms with Gasteiger partial charge in [0, 0.05) is 6.04 Å². The molecule has 0 aliphatic carbocycles. The smallest absolute Gasteiger partial charge is 0.189 e. The van der Waals surface area contributed by atoms with Gasteiger partial charge in [0.25, 0.3) is 0 Å². The average Bonchev–Trinajstić information content (AvgIpc) is 2.28. The van der Waals surface area contributed by atoms with Crippen LogP contribution in [-0.2, 0) is 6.54 Å². The first-order valence-corrected chi connectivity index (χ1v) is 5.28. The zero-order valence-electron chi connectivity index (χ0n) is 9.57. The van der Waals surface area contributed by atoms with E-state index >= 15 is 0 Å². The lowest BCUT2D eigenvalue weighted by Gasteiger charge is -2.11. The second-order valence-corrected chi connectivity index (χ2v) is 3.62. The minimum Gasteiger partial charge on any atom is -0.370 e. The molecule has 0 saturated heterocycles. The van der Waals surface area contributed by atoms with Crippen molar-refractivity contribution in [2.24, 2.45) is 10.7 Å². The number of nitrogens with one attached hydrogen (secondary N) is 1. The second kappa shape index (κ2) is 6.05. The van der Waals surface area contributed by atoms with E-state index < -0.39 is 0 Å². The summed E-state index contributed by atoms with van der Waals surface area (Å²) in [6, 6.07) is 3.25. The van der Waals surface area contributed by atoms with E-state index in [1.165, 1.54) is 12.3 Å². The largest absolute Gasteiger partial charge is 0.370 e. The molecule has 1 rings (SSSR count). The maximum absolute atomic E-state index is 12.6. The SMILES string of the molecule is CCC(C)NC(N)=NCc1ccc(F)cn1. The van der Waals surface area contributed by atoms with Gasteiger partial charge in [0.15, 0.2) is 5.96 Å². The van der Waals surface area contributed by atoms with Crippen molar-refractivity contribution in [1.29, 1.82) is 0 Å². The van der Waals surface area contributed by atoms with Gasteiger partial charge in [0.1, 0.15) is 5.82 Å². The van der Waals surface area contributed by atoms with Crippen LogP contribution < -0.4 is 11.1 Å². The van der Waals surface area contributed by atoms with Gasteiger partial charge in [-0.05, 0) is 25.5 Å². The van der Waals surface area contributed by atoms with Gasteiger partial charge in [0.2, 0.25) is 0 Å². The maximum Gasteiger partial charge on any atom is 0.189 e. The molecule has 1 atom stereocenters. The van der Waals surface area contributed by atoms with Crippen molar-refractivity contribution in [1.82, 2.24) is 10.3 Å². The van der Waals surface area contributed by atoms with Gasteiger partial charge in [-0.2, -0.15) is 0 Å². The molecule has 16 heavy (non-hydrogen) atoms. The van der Waals surface area contributed by atoms with Crippen molar-refractivity contribution in [2.45, 2.75) is 32.9 Å². The first kappa shape index (κ1) is 12.4. The van der Waals surface area contributed by atoms with Crippen molar-refractivity contribution >= 4 is 5.96 Å². The van der Waals surface area contributed by atoms with Gasteiger partial charge >= 0.3 is 0 Å². The predicted octanol–water partition coefficient (Wildman–Crippen LogP) is 1.42.